The molecule has 7 nitrogen and oxygen atoms in total. The first-order chi connectivity index (χ1) is 12.3. The van der Waals surface area contributed by atoms with Crippen LogP contribution in [0.25, 0.3) is 0 Å². The highest BCUT2D eigenvalue weighted by atomic mass is 16.5. The summed E-state index contributed by atoms with van der Waals surface area (Å²) in [7, 11) is 3.23. The third-order valence-corrected chi connectivity index (χ3v) is 3.53. The van der Waals surface area contributed by atoms with Crippen LogP contribution in [0.3, 0.4) is 0 Å². The van der Waals surface area contributed by atoms with Gasteiger partial charge in [-0.3, -0.25) is 4.98 Å². The summed E-state index contributed by atoms with van der Waals surface area (Å²) >= 11 is 0. The van der Waals surface area contributed by atoms with E-state index in [-0.39, 0.29) is 0 Å². The standard InChI is InChI=1S/C18H19N5O2/c1-24-14-3-4-16(25-2)15(11-14)22-18-20-10-7-17(23-18)21-12-13-5-8-19-9-6-13/h3-11H,12H2,1-2H3,(H2,20,21,22,23). The number of methoxy groups -OCH3 is 2. The van der Waals surface area contributed by atoms with E-state index < -0.39 is 0 Å². The van der Waals surface area contributed by atoms with E-state index in [0.29, 0.717) is 18.2 Å². The summed E-state index contributed by atoms with van der Waals surface area (Å²) in [5, 5.41) is 6.42. The normalized spacial score (nSPS) is 10.2. The van der Waals surface area contributed by atoms with Gasteiger partial charge < -0.3 is 20.1 Å². The predicted octanol–water partition coefficient (Wildman–Crippen LogP) is 3.24. The molecular formula is C18H19N5O2. The second-order valence-corrected chi connectivity index (χ2v) is 5.17. The van der Waals surface area contributed by atoms with Crippen LogP contribution >= 0.6 is 0 Å². The maximum absolute atomic E-state index is 5.36. The molecule has 2 heterocycles. The van der Waals surface area contributed by atoms with Crippen molar-refractivity contribution in [3.63, 3.8) is 0 Å². The third kappa shape index (κ3) is 4.35. The summed E-state index contributed by atoms with van der Waals surface area (Å²) in [6.07, 6.45) is 5.22. The summed E-state index contributed by atoms with van der Waals surface area (Å²) in [6.45, 7) is 0.654. The zero-order valence-corrected chi connectivity index (χ0v) is 14.1. The van der Waals surface area contributed by atoms with Crippen molar-refractivity contribution < 1.29 is 9.47 Å². The molecule has 0 aliphatic heterocycles. The van der Waals surface area contributed by atoms with Crippen molar-refractivity contribution in [1.82, 2.24) is 15.0 Å². The molecule has 0 bridgehead atoms. The Hall–Kier alpha value is -3.35. The Morgan fingerprint density at radius 1 is 0.960 bits per heavy atom. The van der Waals surface area contributed by atoms with E-state index in [1.807, 2.05) is 36.4 Å². The molecule has 0 atom stereocenters. The molecule has 0 saturated carbocycles. The molecule has 2 N–H and O–H groups in total. The molecule has 3 rings (SSSR count). The molecule has 7 heteroatoms. The second kappa shape index (κ2) is 7.96. The Balaban J connectivity index is 1.73. The van der Waals surface area contributed by atoms with Gasteiger partial charge in [-0.25, -0.2) is 4.98 Å². The molecule has 0 spiro atoms. The van der Waals surface area contributed by atoms with E-state index in [0.717, 1.165) is 22.8 Å². The van der Waals surface area contributed by atoms with Crippen LogP contribution in [0.2, 0.25) is 0 Å². The van der Waals surface area contributed by atoms with Crippen LogP contribution in [0.15, 0.2) is 55.0 Å². The van der Waals surface area contributed by atoms with E-state index in [4.69, 9.17) is 9.47 Å². The minimum atomic E-state index is 0.464. The molecule has 0 radical (unpaired) electrons. The van der Waals surface area contributed by atoms with E-state index in [9.17, 15) is 0 Å². The Labute approximate surface area is 146 Å². The third-order valence-electron chi connectivity index (χ3n) is 3.53. The first kappa shape index (κ1) is 16.5. The SMILES string of the molecule is COc1ccc(OC)c(Nc2nccc(NCc3ccncc3)n2)c1. The Kier molecular flexibility index (Phi) is 5.26. The fraction of sp³-hybridized carbons (Fsp3) is 0.167. The minimum Gasteiger partial charge on any atom is -0.497 e. The fourth-order valence-electron chi connectivity index (χ4n) is 2.24. The highest BCUT2D eigenvalue weighted by Gasteiger charge is 2.07. The number of rotatable bonds is 7. The van der Waals surface area contributed by atoms with Crippen molar-refractivity contribution in [2.75, 3.05) is 24.9 Å². The van der Waals surface area contributed by atoms with Crippen LogP contribution in [0.5, 0.6) is 11.5 Å². The largest absolute Gasteiger partial charge is 0.497 e. The van der Waals surface area contributed by atoms with Gasteiger partial charge in [0, 0.05) is 31.2 Å². The van der Waals surface area contributed by atoms with Crippen LogP contribution < -0.4 is 20.1 Å². The predicted molar refractivity (Wildman–Crippen MR) is 96.4 cm³/mol. The van der Waals surface area contributed by atoms with Gasteiger partial charge in [0.05, 0.1) is 19.9 Å². The molecule has 0 amide bonds. The van der Waals surface area contributed by atoms with Crippen molar-refractivity contribution in [1.29, 1.82) is 0 Å². The number of anilines is 3. The molecule has 128 valence electrons. The van der Waals surface area contributed by atoms with Gasteiger partial charge >= 0.3 is 0 Å². The summed E-state index contributed by atoms with van der Waals surface area (Å²) in [4.78, 5) is 12.7. The molecule has 0 unspecified atom stereocenters. The van der Waals surface area contributed by atoms with Crippen molar-refractivity contribution in [2.45, 2.75) is 6.54 Å². The molecule has 1 aromatic carbocycles. The first-order valence-corrected chi connectivity index (χ1v) is 7.73. The lowest BCUT2D eigenvalue weighted by Gasteiger charge is -2.12. The van der Waals surface area contributed by atoms with Gasteiger partial charge in [-0.1, -0.05) is 0 Å². The summed E-state index contributed by atoms with van der Waals surface area (Å²) in [6, 6.07) is 11.2. The van der Waals surface area contributed by atoms with Crippen molar-refractivity contribution >= 4 is 17.5 Å². The Morgan fingerprint density at radius 3 is 2.56 bits per heavy atom. The number of benzene rings is 1. The average Bonchev–Trinajstić information content (AvgIpc) is 2.67. The maximum atomic E-state index is 5.36. The molecular weight excluding hydrogens is 318 g/mol. The zero-order chi connectivity index (χ0) is 17.5. The highest BCUT2D eigenvalue weighted by Crippen LogP contribution is 2.30. The van der Waals surface area contributed by atoms with Crippen LogP contribution in [-0.2, 0) is 6.54 Å². The summed E-state index contributed by atoms with van der Waals surface area (Å²) in [5.41, 5.74) is 1.85. The monoisotopic (exact) mass is 337 g/mol. The molecule has 0 fully saturated rings. The lowest BCUT2D eigenvalue weighted by molar-refractivity contribution is 0.405. The van der Waals surface area contributed by atoms with Gasteiger partial charge in [-0.15, -0.1) is 0 Å². The molecule has 0 aliphatic carbocycles. The smallest absolute Gasteiger partial charge is 0.229 e. The fourth-order valence-corrected chi connectivity index (χ4v) is 2.24. The van der Waals surface area contributed by atoms with Gasteiger partial charge in [0.25, 0.3) is 0 Å². The topological polar surface area (TPSA) is 81.2 Å². The Morgan fingerprint density at radius 2 is 1.80 bits per heavy atom. The van der Waals surface area contributed by atoms with E-state index in [1.54, 1.807) is 32.8 Å². The number of nitrogens with one attached hydrogen (secondary N) is 2. The van der Waals surface area contributed by atoms with Crippen LogP contribution in [0.4, 0.5) is 17.5 Å². The molecule has 0 aliphatic rings. The Bertz CT molecular complexity index is 827. The minimum absolute atomic E-state index is 0.464. The number of pyridine rings is 1. The van der Waals surface area contributed by atoms with E-state index in [1.165, 1.54) is 0 Å². The lowest BCUT2D eigenvalue weighted by Crippen LogP contribution is -2.05. The summed E-state index contributed by atoms with van der Waals surface area (Å²) in [5.74, 6) is 2.58. The van der Waals surface area contributed by atoms with Gasteiger partial charge in [0.15, 0.2) is 0 Å². The number of hydrogen-bond donors (Lipinski definition) is 2. The quantitative estimate of drug-likeness (QED) is 0.685. The molecule has 0 saturated heterocycles. The number of aromatic nitrogens is 3. The molecule has 3 aromatic rings. The van der Waals surface area contributed by atoms with Crippen molar-refractivity contribution in [3.8, 4) is 11.5 Å². The lowest BCUT2D eigenvalue weighted by atomic mass is 10.2. The van der Waals surface area contributed by atoms with Gasteiger partial charge in [0.1, 0.15) is 17.3 Å². The number of hydrogen-bond acceptors (Lipinski definition) is 7. The van der Waals surface area contributed by atoms with Crippen LogP contribution in [0.1, 0.15) is 5.56 Å². The van der Waals surface area contributed by atoms with Crippen molar-refractivity contribution in [2.24, 2.45) is 0 Å². The number of nitrogens with zero attached hydrogens (tertiary/aromatic N) is 3. The van der Waals surface area contributed by atoms with Gasteiger partial charge in [-0.05, 0) is 35.9 Å². The van der Waals surface area contributed by atoms with Crippen LogP contribution in [-0.4, -0.2) is 29.2 Å². The van der Waals surface area contributed by atoms with Crippen LogP contribution in [0, 0.1) is 0 Å². The van der Waals surface area contributed by atoms with Gasteiger partial charge in [-0.2, -0.15) is 4.98 Å². The van der Waals surface area contributed by atoms with Gasteiger partial charge in [0.2, 0.25) is 5.95 Å². The molecule has 25 heavy (non-hydrogen) atoms. The molecule has 2 aromatic heterocycles. The highest BCUT2D eigenvalue weighted by molar-refractivity contribution is 5.65. The van der Waals surface area contributed by atoms with E-state index in [2.05, 4.69) is 25.6 Å². The summed E-state index contributed by atoms with van der Waals surface area (Å²) < 4.78 is 10.6. The second-order valence-electron chi connectivity index (χ2n) is 5.17. The average molecular weight is 337 g/mol. The van der Waals surface area contributed by atoms with Crippen molar-refractivity contribution in [3.05, 3.63) is 60.6 Å². The number of ether oxygens (including phenoxy) is 2. The van der Waals surface area contributed by atoms with E-state index >= 15 is 0 Å². The maximum Gasteiger partial charge on any atom is 0.229 e. The zero-order valence-electron chi connectivity index (χ0n) is 14.1. The first-order valence-electron chi connectivity index (χ1n) is 7.73.